The first-order chi connectivity index (χ1) is 11.4. The van der Waals surface area contributed by atoms with E-state index in [2.05, 4.69) is 23.5 Å². The molecule has 1 heterocycles. The van der Waals surface area contributed by atoms with Gasteiger partial charge in [0, 0.05) is 24.0 Å². The number of carbonyl (C=O) groups excluding carboxylic acids is 1. The van der Waals surface area contributed by atoms with Crippen LogP contribution in [0, 0.1) is 0 Å². The van der Waals surface area contributed by atoms with Gasteiger partial charge in [-0.2, -0.15) is 0 Å². The molecule has 0 saturated carbocycles. The summed E-state index contributed by atoms with van der Waals surface area (Å²) in [7, 11) is -3.11. The number of fused-ring (bicyclic) bond motifs is 1. The fourth-order valence-electron chi connectivity index (χ4n) is 3.39. The third-order valence-electron chi connectivity index (χ3n) is 4.73. The largest absolute Gasteiger partial charge is 0.353 e. The molecule has 1 amide bonds. The van der Waals surface area contributed by atoms with Gasteiger partial charge in [0.05, 0.1) is 12.0 Å². The van der Waals surface area contributed by atoms with Gasteiger partial charge in [-0.15, -0.1) is 11.8 Å². The second-order valence-electron chi connectivity index (χ2n) is 6.58. The van der Waals surface area contributed by atoms with E-state index in [-0.39, 0.29) is 11.9 Å². The number of rotatable bonds is 5. The van der Waals surface area contributed by atoms with Crippen LogP contribution in [0.15, 0.2) is 23.1 Å². The first-order valence-electron chi connectivity index (χ1n) is 8.41. The minimum absolute atomic E-state index is 0.0262. The van der Waals surface area contributed by atoms with Crippen LogP contribution in [-0.2, 0) is 27.7 Å². The van der Waals surface area contributed by atoms with Crippen molar-refractivity contribution in [2.24, 2.45) is 0 Å². The van der Waals surface area contributed by atoms with Gasteiger partial charge in [-0.1, -0.05) is 6.07 Å². The lowest BCUT2D eigenvalue weighted by molar-refractivity contribution is -0.119. The molecule has 0 unspecified atom stereocenters. The van der Waals surface area contributed by atoms with E-state index in [9.17, 15) is 13.2 Å². The lowest BCUT2D eigenvalue weighted by Crippen LogP contribution is -2.46. The Labute approximate surface area is 148 Å². The second kappa shape index (κ2) is 7.45. The molecule has 1 fully saturated rings. The molecule has 24 heavy (non-hydrogen) atoms. The highest BCUT2D eigenvalue weighted by Crippen LogP contribution is 2.27. The topological polar surface area (TPSA) is 66.5 Å². The zero-order valence-electron chi connectivity index (χ0n) is 14.0. The Hall–Kier alpha value is -1.05. The molecular weight excluding hydrogens is 344 g/mol. The van der Waals surface area contributed by atoms with E-state index >= 15 is 0 Å². The maximum atomic E-state index is 12.1. The van der Waals surface area contributed by atoms with Gasteiger partial charge in [0.15, 0.2) is 0 Å². The van der Waals surface area contributed by atoms with Crippen molar-refractivity contribution in [1.29, 1.82) is 0 Å². The molecule has 5 nitrogen and oxygen atoms in total. The van der Waals surface area contributed by atoms with E-state index in [1.165, 1.54) is 34.5 Å². The Morgan fingerprint density at radius 3 is 2.67 bits per heavy atom. The molecule has 0 atom stereocenters. The van der Waals surface area contributed by atoms with Crippen molar-refractivity contribution in [3.05, 3.63) is 29.3 Å². The van der Waals surface area contributed by atoms with Crippen molar-refractivity contribution in [3.8, 4) is 0 Å². The summed E-state index contributed by atoms with van der Waals surface area (Å²) in [5.41, 5.74) is 2.87. The summed E-state index contributed by atoms with van der Waals surface area (Å²) in [6.45, 7) is 0.976. The van der Waals surface area contributed by atoms with Gasteiger partial charge in [-0.05, 0) is 55.4 Å². The fourth-order valence-corrected chi connectivity index (χ4v) is 5.03. The van der Waals surface area contributed by atoms with Crippen LogP contribution in [-0.4, -0.2) is 49.8 Å². The van der Waals surface area contributed by atoms with Gasteiger partial charge in [0.2, 0.25) is 15.9 Å². The van der Waals surface area contributed by atoms with Gasteiger partial charge < -0.3 is 5.32 Å². The number of nitrogens with zero attached hydrogens (tertiary/aromatic N) is 1. The highest BCUT2D eigenvalue weighted by molar-refractivity contribution is 8.00. The van der Waals surface area contributed by atoms with Gasteiger partial charge in [-0.25, -0.2) is 12.7 Å². The number of piperidine rings is 1. The van der Waals surface area contributed by atoms with Crippen molar-refractivity contribution >= 4 is 27.7 Å². The van der Waals surface area contributed by atoms with Crippen molar-refractivity contribution in [2.75, 3.05) is 25.1 Å². The minimum atomic E-state index is -3.11. The van der Waals surface area contributed by atoms with Crippen LogP contribution in [0.25, 0.3) is 0 Å². The lowest BCUT2D eigenvalue weighted by Gasteiger charge is -2.30. The molecule has 0 bridgehead atoms. The monoisotopic (exact) mass is 368 g/mol. The van der Waals surface area contributed by atoms with Crippen molar-refractivity contribution in [2.45, 2.75) is 43.0 Å². The van der Waals surface area contributed by atoms with E-state index in [1.54, 1.807) is 11.8 Å². The molecule has 1 N–H and O–H groups in total. The smallest absolute Gasteiger partial charge is 0.230 e. The molecule has 1 aromatic rings. The number of sulfonamides is 1. The van der Waals surface area contributed by atoms with E-state index in [0.29, 0.717) is 31.7 Å². The van der Waals surface area contributed by atoms with Crippen molar-refractivity contribution < 1.29 is 13.2 Å². The van der Waals surface area contributed by atoms with Gasteiger partial charge in [0.1, 0.15) is 0 Å². The number of amides is 1. The number of thioether (sulfide) groups is 1. The first-order valence-corrected chi connectivity index (χ1v) is 11.2. The first kappa shape index (κ1) is 17.8. The zero-order chi connectivity index (χ0) is 17.2. The highest BCUT2D eigenvalue weighted by Gasteiger charge is 2.25. The Morgan fingerprint density at radius 2 is 1.96 bits per heavy atom. The van der Waals surface area contributed by atoms with Crippen molar-refractivity contribution in [3.63, 3.8) is 0 Å². The predicted octanol–water partition coefficient (Wildman–Crippen LogP) is 1.81. The number of carbonyl (C=O) groups is 1. The normalized spacial score (nSPS) is 19.2. The van der Waals surface area contributed by atoms with Crippen molar-refractivity contribution in [1.82, 2.24) is 9.62 Å². The highest BCUT2D eigenvalue weighted by atomic mass is 32.2. The lowest BCUT2D eigenvalue weighted by atomic mass is 10.1. The Morgan fingerprint density at radius 1 is 1.25 bits per heavy atom. The van der Waals surface area contributed by atoms with Gasteiger partial charge in [-0.3, -0.25) is 4.79 Å². The number of hydrogen-bond donors (Lipinski definition) is 1. The maximum Gasteiger partial charge on any atom is 0.230 e. The SMILES string of the molecule is CS(=O)(=O)N1CCC(NC(=O)CSc2ccc3c(c2)CCC3)CC1. The fraction of sp³-hybridized carbons (Fsp3) is 0.588. The van der Waals surface area contributed by atoms with Crippen LogP contribution in [0.1, 0.15) is 30.4 Å². The maximum absolute atomic E-state index is 12.1. The van der Waals surface area contributed by atoms with Crippen LogP contribution >= 0.6 is 11.8 Å². The summed E-state index contributed by atoms with van der Waals surface area (Å²) in [4.78, 5) is 13.3. The average Bonchev–Trinajstić information content (AvgIpc) is 3.00. The summed E-state index contributed by atoms with van der Waals surface area (Å²) in [5, 5.41) is 3.03. The van der Waals surface area contributed by atoms with Gasteiger partial charge in [0.25, 0.3) is 0 Å². The minimum Gasteiger partial charge on any atom is -0.353 e. The van der Waals surface area contributed by atoms with Gasteiger partial charge >= 0.3 is 0 Å². The summed E-state index contributed by atoms with van der Waals surface area (Å²) < 4.78 is 24.5. The van der Waals surface area contributed by atoms with Crippen LogP contribution in [0.2, 0.25) is 0 Å². The van der Waals surface area contributed by atoms with E-state index in [1.807, 2.05) is 0 Å². The number of benzene rings is 1. The Bertz CT molecular complexity index is 711. The molecule has 1 aliphatic heterocycles. The van der Waals surface area contributed by atoms with Crippen LogP contribution in [0.5, 0.6) is 0 Å². The Kier molecular flexibility index (Phi) is 5.52. The second-order valence-corrected chi connectivity index (χ2v) is 9.61. The molecule has 1 aromatic carbocycles. The molecule has 0 radical (unpaired) electrons. The molecule has 132 valence electrons. The third kappa shape index (κ3) is 4.52. The summed E-state index contributed by atoms with van der Waals surface area (Å²) >= 11 is 1.57. The summed E-state index contributed by atoms with van der Waals surface area (Å²) in [5.74, 6) is 0.434. The number of nitrogens with one attached hydrogen (secondary N) is 1. The predicted molar refractivity (Wildman–Crippen MR) is 96.8 cm³/mol. The third-order valence-corrected chi connectivity index (χ3v) is 7.02. The molecular formula is C17H24N2O3S2. The molecule has 2 aliphatic rings. The van der Waals surface area contributed by atoms with E-state index < -0.39 is 10.0 Å². The molecule has 0 aromatic heterocycles. The average molecular weight is 369 g/mol. The van der Waals surface area contributed by atoms with Crippen LogP contribution < -0.4 is 5.32 Å². The number of aryl methyl sites for hydroxylation is 2. The van der Waals surface area contributed by atoms with Crippen LogP contribution in [0.4, 0.5) is 0 Å². The molecule has 1 aliphatic carbocycles. The van der Waals surface area contributed by atoms with Crippen LogP contribution in [0.3, 0.4) is 0 Å². The zero-order valence-corrected chi connectivity index (χ0v) is 15.6. The summed E-state index contributed by atoms with van der Waals surface area (Å²) in [6.07, 6.45) is 6.15. The molecule has 3 rings (SSSR count). The standard InChI is InChI=1S/C17H24N2O3S2/c1-24(21,22)19-9-7-15(8-10-19)18-17(20)12-23-16-6-5-13-3-2-4-14(13)11-16/h5-6,11,15H,2-4,7-10,12H2,1H3,(H,18,20). The molecule has 0 spiro atoms. The van der Waals surface area contributed by atoms with E-state index in [4.69, 9.17) is 0 Å². The quantitative estimate of drug-likeness (QED) is 0.805. The number of hydrogen-bond acceptors (Lipinski definition) is 4. The molecule has 7 heteroatoms. The van der Waals surface area contributed by atoms with E-state index in [0.717, 1.165) is 11.3 Å². The molecule has 1 saturated heterocycles. The Balaban J connectivity index is 1.43. The summed E-state index contributed by atoms with van der Waals surface area (Å²) in [6, 6.07) is 6.58.